The van der Waals surface area contributed by atoms with E-state index in [0.29, 0.717) is 17.1 Å². The van der Waals surface area contributed by atoms with Gasteiger partial charge in [0.25, 0.3) is 0 Å². The molecule has 7 nitrogen and oxygen atoms in total. The molecule has 0 aliphatic carbocycles. The summed E-state index contributed by atoms with van der Waals surface area (Å²) in [6.45, 7) is 2.51. The number of imide groups is 2. The number of Topliss-reactive ketones (excluding diaryl/α,β-unsaturated/α-hetero) is 1. The zero-order chi connectivity index (χ0) is 19.5. The molecule has 1 aromatic rings. The van der Waals surface area contributed by atoms with Crippen LogP contribution in [0.1, 0.15) is 37.0 Å². The van der Waals surface area contributed by atoms with E-state index in [1.165, 1.54) is 13.8 Å². The Hall–Kier alpha value is -2.48. The van der Waals surface area contributed by atoms with E-state index in [-0.39, 0.29) is 24.4 Å². The summed E-state index contributed by atoms with van der Waals surface area (Å²) in [6.07, 6.45) is 0.193. The molecule has 1 rings (SSSR count). The molecule has 0 aliphatic rings. The van der Waals surface area contributed by atoms with E-state index in [1.807, 2.05) is 6.07 Å². The van der Waals surface area contributed by atoms with Crippen molar-refractivity contribution in [2.75, 3.05) is 17.3 Å². The Bertz CT molecular complexity index is 643. The van der Waals surface area contributed by atoms with Crippen molar-refractivity contribution in [1.29, 1.82) is 0 Å². The van der Waals surface area contributed by atoms with Gasteiger partial charge in [-0.15, -0.1) is 0 Å². The molecule has 4 amide bonds. The largest absolute Gasteiger partial charge is 0.297 e. The maximum absolute atomic E-state index is 12.4. The van der Waals surface area contributed by atoms with Crippen LogP contribution in [0.5, 0.6) is 0 Å². The number of hydrogen-bond acceptors (Lipinski definition) is 5. The summed E-state index contributed by atoms with van der Waals surface area (Å²) in [6, 6.07) is 8.79. The average Bonchev–Trinajstić information content (AvgIpc) is 2.56. The van der Waals surface area contributed by atoms with Gasteiger partial charge in [-0.1, -0.05) is 30.3 Å². The molecular formula is C18H23N2O5S+. The summed E-state index contributed by atoms with van der Waals surface area (Å²) in [5.41, 5.74) is 0.575. The number of carbonyl (C=O) groups excluding carboxylic acids is 5. The van der Waals surface area contributed by atoms with Gasteiger partial charge < -0.3 is 0 Å². The van der Waals surface area contributed by atoms with E-state index in [1.54, 1.807) is 24.3 Å². The predicted molar refractivity (Wildman–Crippen MR) is 99.6 cm³/mol. The molecule has 0 saturated carbocycles. The number of rotatable bonds is 9. The van der Waals surface area contributed by atoms with Crippen LogP contribution < -0.4 is 10.6 Å². The Morgan fingerprint density at radius 2 is 1.27 bits per heavy atom. The van der Waals surface area contributed by atoms with Crippen molar-refractivity contribution in [2.45, 2.75) is 26.7 Å². The normalized spacial score (nSPS) is 10.3. The number of benzene rings is 1. The van der Waals surface area contributed by atoms with Gasteiger partial charge in [-0.3, -0.25) is 34.6 Å². The Morgan fingerprint density at radius 3 is 1.69 bits per heavy atom. The fraction of sp³-hybridized carbons (Fsp3) is 0.389. The van der Waals surface area contributed by atoms with Crippen molar-refractivity contribution in [3.05, 3.63) is 35.9 Å². The van der Waals surface area contributed by atoms with Crippen LogP contribution >= 0.6 is 0 Å². The monoisotopic (exact) mass is 379 g/mol. The third-order valence-corrected chi connectivity index (χ3v) is 5.53. The van der Waals surface area contributed by atoms with Crippen molar-refractivity contribution >= 4 is 40.3 Å². The predicted octanol–water partition coefficient (Wildman–Crippen LogP) is 0.593. The zero-order valence-electron chi connectivity index (χ0n) is 14.9. The van der Waals surface area contributed by atoms with Crippen molar-refractivity contribution < 1.29 is 24.0 Å². The summed E-state index contributed by atoms with van der Waals surface area (Å²) in [7, 11) is -0.520. The molecule has 26 heavy (non-hydrogen) atoms. The second-order valence-corrected chi connectivity index (χ2v) is 7.99. The molecule has 0 unspecified atom stereocenters. The van der Waals surface area contributed by atoms with Crippen LogP contribution in [0.3, 0.4) is 0 Å². The van der Waals surface area contributed by atoms with Crippen LogP contribution in [0.15, 0.2) is 30.3 Å². The highest BCUT2D eigenvalue weighted by Gasteiger charge is 2.25. The summed E-state index contributed by atoms with van der Waals surface area (Å²) in [5, 5.41) is 4.38. The number of hydrogen-bond donors (Lipinski definition) is 2. The molecule has 0 saturated heterocycles. The third-order valence-electron chi connectivity index (χ3n) is 3.30. The number of carbonyl (C=O) groups is 5. The maximum Gasteiger partial charge on any atom is 0.231 e. The lowest BCUT2D eigenvalue weighted by Crippen LogP contribution is -2.33. The Morgan fingerprint density at radius 1 is 0.808 bits per heavy atom. The zero-order valence-corrected chi connectivity index (χ0v) is 15.7. The quantitative estimate of drug-likeness (QED) is 0.482. The number of amides is 4. The first-order valence-electron chi connectivity index (χ1n) is 8.11. The standard InChI is InChI=1S/C18H22N2O5S/c1-13(21)19-17(24)8-10-26(11-9-18(25)20-14(2)22)12-16(23)15-6-4-3-5-7-15/h3-7H,8-12H2,1-2H3,(H-,19,20,21,22,24,25)/p+1. The second-order valence-electron chi connectivity index (χ2n) is 5.66. The van der Waals surface area contributed by atoms with Crippen molar-refractivity contribution in [1.82, 2.24) is 10.6 Å². The van der Waals surface area contributed by atoms with Gasteiger partial charge in [-0.2, -0.15) is 0 Å². The van der Waals surface area contributed by atoms with Gasteiger partial charge in [0.15, 0.2) is 5.75 Å². The first kappa shape index (κ1) is 21.6. The molecule has 0 aliphatic heterocycles. The molecule has 8 heteroatoms. The van der Waals surface area contributed by atoms with Crippen molar-refractivity contribution in [3.8, 4) is 0 Å². The van der Waals surface area contributed by atoms with Crippen LogP contribution in [-0.4, -0.2) is 46.7 Å². The molecule has 1 aromatic carbocycles. The fourth-order valence-electron chi connectivity index (χ4n) is 2.13. The average molecular weight is 379 g/mol. The molecule has 0 radical (unpaired) electrons. The SMILES string of the molecule is CC(=O)NC(=O)CC[S+](CCC(=O)NC(C)=O)CC(=O)c1ccccc1. The highest BCUT2D eigenvalue weighted by Crippen LogP contribution is 2.08. The van der Waals surface area contributed by atoms with Crippen molar-refractivity contribution in [3.63, 3.8) is 0 Å². The van der Waals surface area contributed by atoms with E-state index in [9.17, 15) is 24.0 Å². The van der Waals surface area contributed by atoms with E-state index in [2.05, 4.69) is 10.6 Å². The van der Waals surface area contributed by atoms with Gasteiger partial charge in [0.1, 0.15) is 11.5 Å². The summed E-state index contributed by atoms with van der Waals surface area (Å²) < 4.78 is 0. The number of nitrogens with one attached hydrogen (secondary N) is 2. The van der Waals surface area contributed by atoms with Crippen LogP contribution in [0.4, 0.5) is 0 Å². The first-order chi connectivity index (χ1) is 12.3. The molecule has 0 fully saturated rings. The van der Waals surface area contributed by atoms with Gasteiger partial charge in [0, 0.05) is 19.4 Å². The Labute approximate surface area is 155 Å². The van der Waals surface area contributed by atoms with Gasteiger partial charge in [-0.05, 0) is 10.9 Å². The van der Waals surface area contributed by atoms with Gasteiger partial charge in [-0.25, -0.2) is 0 Å². The number of ketones is 1. The van der Waals surface area contributed by atoms with Gasteiger partial charge in [0.2, 0.25) is 29.4 Å². The lowest BCUT2D eigenvalue weighted by atomic mass is 10.2. The van der Waals surface area contributed by atoms with E-state index < -0.39 is 34.5 Å². The molecule has 0 heterocycles. The second kappa shape index (κ2) is 11.2. The third kappa shape index (κ3) is 9.12. The minimum Gasteiger partial charge on any atom is -0.297 e. The smallest absolute Gasteiger partial charge is 0.231 e. The lowest BCUT2D eigenvalue weighted by molar-refractivity contribution is -0.130. The van der Waals surface area contributed by atoms with E-state index in [4.69, 9.17) is 0 Å². The molecule has 2 N–H and O–H groups in total. The molecular weight excluding hydrogens is 356 g/mol. The minimum absolute atomic E-state index is 0.0621. The molecule has 0 aromatic heterocycles. The molecule has 0 atom stereocenters. The first-order valence-corrected chi connectivity index (χ1v) is 9.84. The highest BCUT2D eigenvalue weighted by atomic mass is 32.2. The topological polar surface area (TPSA) is 109 Å². The lowest BCUT2D eigenvalue weighted by Gasteiger charge is -2.09. The Kier molecular flexibility index (Phi) is 9.29. The van der Waals surface area contributed by atoms with Gasteiger partial charge in [0.05, 0.1) is 12.8 Å². The van der Waals surface area contributed by atoms with Crippen LogP contribution in [0.25, 0.3) is 0 Å². The Balaban J connectivity index is 2.66. The minimum atomic E-state index is -0.520. The maximum atomic E-state index is 12.4. The van der Waals surface area contributed by atoms with Crippen molar-refractivity contribution in [2.24, 2.45) is 0 Å². The molecule has 0 bridgehead atoms. The van der Waals surface area contributed by atoms with Crippen LogP contribution in [0.2, 0.25) is 0 Å². The van der Waals surface area contributed by atoms with E-state index >= 15 is 0 Å². The molecule has 0 spiro atoms. The fourth-order valence-corrected chi connectivity index (χ4v) is 4.11. The molecule has 140 valence electrons. The van der Waals surface area contributed by atoms with Crippen LogP contribution in [-0.2, 0) is 30.1 Å². The van der Waals surface area contributed by atoms with Gasteiger partial charge >= 0.3 is 0 Å². The highest BCUT2D eigenvalue weighted by molar-refractivity contribution is 7.97. The summed E-state index contributed by atoms with van der Waals surface area (Å²) in [4.78, 5) is 57.5. The summed E-state index contributed by atoms with van der Waals surface area (Å²) in [5.74, 6) is -0.744. The van der Waals surface area contributed by atoms with Crippen LogP contribution in [0, 0.1) is 0 Å². The summed E-state index contributed by atoms with van der Waals surface area (Å²) >= 11 is 0. The van der Waals surface area contributed by atoms with E-state index in [0.717, 1.165) is 0 Å².